The third-order valence-electron chi connectivity index (χ3n) is 1.96. The van der Waals surface area contributed by atoms with Gasteiger partial charge in [0.25, 0.3) is 0 Å². The van der Waals surface area contributed by atoms with E-state index in [0.717, 1.165) is 12.2 Å². The van der Waals surface area contributed by atoms with Crippen LogP contribution in [0.5, 0.6) is 0 Å². The number of hydrogen-bond donors (Lipinski definition) is 1. The van der Waals surface area contributed by atoms with Gasteiger partial charge in [0.05, 0.1) is 17.4 Å². The molecule has 80 valence electrons. The molecule has 0 spiro atoms. The van der Waals surface area contributed by atoms with Crippen LogP contribution >= 0.6 is 11.8 Å². The molecule has 4 heteroatoms. The van der Waals surface area contributed by atoms with E-state index >= 15 is 0 Å². The maximum atomic E-state index is 10.5. The van der Waals surface area contributed by atoms with Crippen molar-refractivity contribution in [2.24, 2.45) is 11.3 Å². The van der Waals surface area contributed by atoms with Gasteiger partial charge in [0.2, 0.25) is 0 Å². The van der Waals surface area contributed by atoms with Crippen molar-refractivity contribution in [1.82, 2.24) is 0 Å². The van der Waals surface area contributed by atoms with E-state index in [1.54, 1.807) is 18.7 Å². The molecule has 0 aliphatic heterocycles. The Balaban J connectivity index is 3.58. The van der Waals surface area contributed by atoms with Gasteiger partial charge in [0.15, 0.2) is 0 Å². The van der Waals surface area contributed by atoms with E-state index in [1.165, 1.54) is 0 Å². The van der Waals surface area contributed by atoms with Gasteiger partial charge in [-0.15, -0.1) is 0 Å². The van der Waals surface area contributed by atoms with Crippen LogP contribution in [0.4, 0.5) is 0 Å². The van der Waals surface area contributed by atoms with E-state index in [2.05, 4.69) is 6.07 Å². The van der Waals surface area contributed by atoms with Crippen LogP contribution in [0.15, 0.2) is 0 Å². The molecule has 0 rings (SSSR count). The molecule has 0 radical (unpaired) electrons. The first-order chi connectivity index (χ1) is 6.39. The summed E-state index contributed by atoms with van der Waals surface area (Å²) in [7, 11) is 0. The van der Waals surface area contributed by atoms with E-state index < -0.39 is 5.97 Å². The van der Waals surface area contributed by atoms with Crippen LogP contribution in [0.25, 0.3) is 0 Å². The molecule has 0 saturated carbocycles. The van der Waals surface area contributed by atoms with E-state index in [0.29, 0.717) is 5.75 Å². The van der Waals surface area contributed by atoms with Crippen LogP contribution in [0, 0.1) is 22.7 Å². The second-order valence-electron chi connectivity index (χ2n) is 4.06. The molecule has 1 N–H and O–H groups in total. The molecule has 14 heavy (non-hydrogen) atoms. The molecule has 0 aliphatic rings. The van der Waals surface area contributed by atoms with Crippen LogP contribution in [-0.4, -0.2) is 22.6 Å². The second-order valence-corrected chi connectivity index (χ2v) is 5.21. The van der Waals surface area contributed by atoms with Crippen molar-refractivity contribution < 1.29 is 9.90 Å². The minimum absolute atomic E-state index is 0.292. The number of carboxylic acids is 1. The van der Waals surface area contributed by atoms with Crippen molar-refractivity contribution in [3.8, 4) is 6.07 Å². The predicted molar refractivity (Wildman–Crippen MR) is 58.1 cm³/mol. The summed E-state index contributed by atoms with van der Waals surface area (Å²) in [5.74, 6) is 0.414. The lowest BCUT2D eigenvalue weighted by atomic mass is 9.93. The third-order valence-corrected chi connectivity index (χ3v) is 3.19. The highest BCUT2D eigenvalue weighted by Gasteiger charge is 2.16. The Bertz CT molecular complexity index is 233. The summed E-state index contributed by atoms with van der Waals surface area (Å²) in [4.78, 5) is 10.5. The van der Waals surface area contributed by atoms with Crippen molar-refractivity contribution in [3.63, 3.8) is 0 Å². The Kier molecular flexibility index (Phi) is 5.63. The molecule has 0 aliphatic carbocycles. The number of carboxylic acid groups (broad SMARTS) is 1. The average molecular weight is 215 g/mol. The molecule has 0 fully saturated rings. The number of nitriles is 1. The van der Waals surface area contributed by atoms with Gasteiger partial charge >= 0.3 is 5.97 Å². The predicted octanol–water partition coefficient (Wildman–Crippen LogP) is 2.38. The molecule has 3 nitrogen and oxygen atoms in total. The molecule has 0 amide bonds. The lowest BCUT2D eigenvalue weighted by Crippen LogP contribution is -2.13. The molecule has 0 aromatic rings. The Hall–Kier alpha value is -0.690. The SMILES string of the molecule is CC(CSCCC(C)(C)C#N)C(=O)O. The van der Waals surface area contributed by atoms with Gasteiger partial charge in [-0.1, -0.05) is 6.92 Å². The number of nitrogens with zero attached hydrogens (tertiary/aromatic N) is 1. The van der Waals surface area contributed by atoms with Gasteiger partial charge in [0.1, 0.15) is 0 Å². The minimum Gasteiger partial charge on any atom is -0.481 e. The average Bonchev–Trinajstić information content (AvgIpc) is 2.12. The molecule has 0 aromatic carbocycles. The van der Waals surface area contributed by atoms with Gasteiger partial charge in [0, 0.05) is 5.75 Å². The van der Waals surface area contributed by atoms with Crippen molar-refractivity contribution in [1.29, 1.82) is 5.26 Å². The Morgan fingerprint density at radius 1 is 1.64 bits per heavy atom. The van der Waals surface area contributed by atoms with Gasteiger partial charge < -0.3 is 5.11 Å². The summed E-state index contributed by atoms with van der Waals surface area (Å²) < 4.78 is 0. The van der Waals surface area contributed by atoms with Crippen LogP contribution in [-0.2, 0) is 4.79 Å². The van der Waals surface area contributed by atoms with Crippen LogP contribution < -0.4 is 0 Å². The molecule has 1 atom stereocenters. The molecule has 0 heterocycles. The zero-order chi connectivity index (χ0) is 11.2. The maximum absolute atomic E-state index is 10.5. The third kappa shape index (κ3) is 5.87. The van der Waals surface area contributed by atoms with Gasteiger partial charge in [-0.25, -0.2) is 0 Å². The number of rotatable bonds is 6. The number of carbonyl (C=O) groups is 1. The summed E-state index contributed by atoms with van der Waals surface area (Å²) in [6.07, 6.45) is 0.806. The second kappa shape index (κ2) is 5.92. The lowest BCUT2D eigenvalue weighted by molar-refractivity contribution is -0.140. The highest BCUT2D eigenvalue weighted by molar-refractivity contribution is 7.99. The molecule has 0 bridgehead atoms. The first-order valence-corrected chi connectivity index (χ1v) is 5.76. The maximum Gasteiger partial charge on any atom is 0.307 e. The van der Waals surface area contributed by atoms with Crippen LogP contribution in [0.1, 0.15) is 27.2 Å². The summed E-state index contributed by atoms with van der Waals surface area (Å²) in [5.41, 5.74) is -0.292. The summed E-state index contributed by atoms with van der Waals surface area (Å²) in [6.45, 7) is 5.49. The number of thioether (sulfide) groups is 1. The highest BCUT2D eigenvalue weighted by Crippen LogP contribution is 2.22. The fraction of sp³-hybridized carbons (Fsp3) is 0.800. The summed E-state index contributed by atoms with van der Waals surface area (Å²) >= 11 is 1.60. The first-order valence-electron chi connectivity index (χ1n) is 4.61. The standard InChI is InChI=1S/C10H17NO2S/c1-8(9(12)13)6-14-5-4-10(2,3)7-11/h8H,4-6H2,1-3H3,(H,12,13). The van der Waals surface area contributed by atoms with Crippen molar-refractivity contribution in [2.75, 3.05) is 11.5 Å². The largest absolute Gasteiger partial charge is 0.481 e. The fourth-order valence-electron chi connectivity index (χ4n) is 0.715. The van der Waals surface area contributed by atoms with Crippen molar-refractivity contribution in [3.05, 3.63) is 0 Å². The first kappa shape index (κ1) is 13.3. The normalized spacial score (nSPS) is 13.3. The van der Waals surface area contributed by atoms with Crippen molar-refractivity contribution in [2.45, 2.75) is 27.2 Å². The highest BCUT2D eigenvalue weighted by atomic mass is 32.2. The molecular weight excluding hydrogens is 198 g/mol. The number of hydrogen-bond acceptors (Lipinski definition) is 3. The van der Waals surface area contributed by atoms with Crippen molar-refractivity contribution >= 4 is 17.7 Å². The van der Waals surface area contributed by atoms with Crippen LogP contribution in [0.2, 0.25) is 0 Å². The number of aliphatic carboxylic acids is 1. The Morgan fingerprint density at radius 3 is 2.64 bits per heavy atom. The molecular formula is C10H17NO2S. The molecule has 0 saturated heterocycles. The van der Waals surface area contributed by atoms with Gasteiger partial charge in [-0.3, -0.25) is 4.79 Å². The summed E-state index contributed by atoms with van der Waals surface area (Å²) in [6, 6.07) is 2.22. The minimum atomic E-state index is -0.753. The smallest absolute Gasteiger partial charge is 0.307 e. The van der Waals surface area contributed by atoms with Crippen LogP contribution in [0.3, 0.4) is 0 Å². The van der Waals surface area contributed by atoms with Gasteiger partial charge in [-0.05, 0) is 26.0 Å². The zero-order valence-electron chi connectivity index (χ0n) is 8.91. The quantitative estimate of drug-likeness (QED) is 0.691. The topological polar surface area (TPSA) is 61.1 Å². The zero-order valence-corrected chi connectivity index (χ0v) is 9.73. The lowest BCUT2D eigenvalue weighted by Gasteiger charge is -2.14. The summed E-state index contributed by atoms with van der Waals surface area (Å²) in [5, 5.41) is 17.4. The Morgan fingerprint density at radius 2 is 2.21 bits per heavy atom. The van der Waals surface area contributed by atoms with E-state index in [1.807, 2.05) is 13.8 Å². The monoisotopic (exact) mass is 215 g/mol. The Labute approximate surface area is 89.5 Å². The molecule has 0 aromatic heterocycles. The fourth-order valence-corrected chi connectivity index (χ4v) is 2.03. The molecule has 1 unspecified atom stereocenters. The van der Waals surface area contributed by atoms with E-state index in [-0.39, 0.29) is 11.3 Å². The van der Waals surface area contributed by atoms with Gasteiger partial charge in [-0.2, -0.15) is 17.0 Å². The van der Waals surface area contributed by atoms with E-state index in [9.17, 15) is 4.79 Å². The van der Waals surface area contributed by atoms with E-state index in [4.69, 9.17) is 10.4 Å².